The van der Waals surface area contributed by atoms with Gasteiger partial charge in [0.25, 0.3) is 0 Å². The van der Waals surface area contributed by atoms with Gasteiger partial charge in [-0.15, -0.1) is 0 Å². The van der Waals surface area contributed by atoms with Gasteiger partial charge in [0.2, 0.25) is 0 Å². The third-order valence-electron chi connectivity index (χ3n) is 4.23. The van der Waals surface area contributed by atoms with E-state index in [4.69, 9.17) is 0 Å². The minimum atomic E-state index is 0.435. The molecule has 2 aliphatic rings. The van der Waals surface area contributed by atoms with E-state index in [1.807, 2.05) is 0 Å². The summed E-state index contributed by atoms with van der Waals surface area (Å²) in [4.78, 5) is 14.3. The zero-order valence-electron chi connectivity index (χ0n) is 10.7. The Labute approximate surface area is 116 Å². The zero-order chi connectivity index (χ0) is 12.7. The highest BCUT2D eigenvalue weighted by Crippen LogP contribution is 2.38. The summed E-state index contributed by atoms with van der Waals surface area (Å²) in [5.41, 5.74) is 2.62. The second-order valence-corrected chi connectivity index (χ2v) is 6.44. The van der Waals surface area contributed by atoms with Crippen LogP contribution in [0.1, 0.15) is 37.7 Å². The van der Waals surface area contributed by atoms with Crippen LogP contribution in [0.4, 0.5) is 5.69 Å². The molecule has 3 rings (SSSR count). The fourth-order valence-electron chi connectivity index (χ4n) is 3.48. The van der Waals surface area contributed by atoms with E-state index in [2.05, 4.69) is 46.0 Å². The highest BCUT2D eigenvalue weighted by molar-refractivity contribution is 9.10. The molecule has 2 heterocycles. The third-order valence-corrected chi connectivity index (χ3v) is 4.72. The number of Topliss-reactive ketones (excluding diaryl/α,β-unsaturated/α-hetero) is 1. The molecule has 0 aromatic heterocycles. The van der Waals surface area contributed by atoms with E-state index in [1.54, 1.807) is 0 Å². The molecule has 0 spiro atoms. The first kappa shape index (κ1) is 12.2. The second-order valence-electron chi connectivity index (χ2n) is 5.52. The first-order valence-electron chi connectivity index (χ1n) is 6.71. The van der Waals surface area contributed by atoms with Crippen LogP contribution < -0.4 is 4.90 Å². The van der Waals surface area contributed by atoms with Crippen LogP contribution in [0.25, 0.3) is 0 Å². The summed E-state index contributed by atoms with van der Waals surface area (Å²) in [6.07, 6.45) is 5.09. The number of carbonyl (C=O) groups excluding carboxylic acids is 1. The number of ketones is 1. The van der Waals surface area contributed by atoms with Gasteiger partial charge in [-0.2, -0.15) is 0 Å². The van der Waals surface area contributed by atoms with Crippen molar-refractivity contribution < 1.29 is 4.79 Å². The number of rotatable bonds is 1. The van der Waals surface area contributed by atoms with Crippen molar-refractivity contribution in [2.24, 2.45) is 0 Å². The molecular formula is C15H18BrNO. The predicted octanol–water partition coefficient (Wildman–Crippen LogP) is 3.85. The van der Waals surface area contributed by atoms with E-state index < -0.39 is 0 Å². The monoisotopic (exact) mass is 307 g/mol. The maximum atomic E-state index is 11.8. The smallest absolute Gasteiger partial charge is 0.137 e. The number of nitrogens with zero attached hydrogens (tertiary/aromatic N) is 1. The fourth-order valence-corrected chi connectivity index (χ4v) is 3.95. The quantitative estimate of drug-likeness (QED) is 0.785. The molecule has 0 amide bonds. The van der Waals surface area contributed by atoms with Crippen molar-refractivity contribution in [3.8, 4) is 0 Å². The van der Waals surface area contributed by atoms with Crippen LogP contribution >= 0.6 is 15.9 Å². The van der Waals surface area contributed by atoms with E-state index >= 15 is 0 Å². The maximum absolute atomic E-state index is 11.8. The van der Waals surface area contributed by atoms with Crippen LogP contribution in [-0.4, -0.2) is 17.9 Å². The van der Waals surface area contributed by atoms with Crippen molar-refractivity contribution in [2.75, 3.05) is 4.90 Å². The first-order valence-corrected chi connectivity index (χ1v) is 7.50. The van der Waals surface area contributed by atoms with Crippen molar-refractivity contribution in [3.05, 3.63) is 28.2 Å². The molecule has 96 valence electrons. The Morgan fingerprint density at radius 3 is 2.50 bits per heavy atom. The van der Waals surface area contributed by atoms with Gasteiger partial charge >= 0.3 is 0 Å². The van der Waals surface area contributed by atoms with Crippen LogP contribution in [0.2, 0.25) is 0 Å². The number of halogens is 1. The van der Waals surface area contributed by atoms with E-state index in [0.717, 1.165) is 30.2 Å². The van der Waals surface area contributed by atoms with Crippen LogP contribution in [0.5, 0.6) is 0 Å². The second kappa shape index (κ2) is 4.69. The van der Waals surface area contributed by atoms with E-state index in [1.165, 1.54) is 17.7 Å². The summed E-state index contributed by atoms with van der Waals surface area (Å²) in [5, 5.41) is 0. The molecule has 2 unspecified atom stereocenters. The Balaban J connectivity index is 1.97. The summed E-state index contributed by atoms with van der Waals surface area (Å²) in [7, 11) is 0. The van der Waals surface area contributed by atoms with E-state index in [-0.39, 0.29) is 0 Å². The van der Waals surface area contributed by atoms with Gasteiger partial charge in [0.15, 0.2) is 0 Å². The first-order chi connectivity index (χ1) is 8.65. The summed E-state index contributed by atoms with van der Waals surface area (Å²) < 4.78 is 1.13. The summed E-state index contributed by atoms with van der Waals surface area (Å²) in [5.74, 6) is 0.454. The molecule has 2 atom stereocenters. The Bertz CT molecular complexity index is 469. The SMILES string of the molecule is Cc1cc(Br)ccc1N1C2CCCC1CC(=O)C2. The Morgan fingerprint density at radius 2 is 1.89 bits per heavy atom. The predicted molar refractivity (Wildman–Crippen MR) is 77.0 cm³/mol. The fraction of sp³-hybridized carbons (Fsp3) is 0.533. The van der Waals surface area contributed by atoms with Crippen molar-refractivity contribution in [3.63, 3.8) is 0 Å². The van der Waals surface area contributed by atoms with Gasteiger partial charge in [0.1, 0.15) is 5.78 Å². The largest absolute Gasteiger partial charge is 0.364 e. The number of aryl methyl sites for hydroxylation is 1. The Morgan fingerprint density at radius 1 is 1.22 bits per heavy atom. The van der Waals surface area contributed by atoms with Gasteiger partial charge in [0.05, 0.1) is 0 Å². The number of anilines is 1. The molecule has 1 aromatic rings. The standard InChI is InChI=1S/C15H18BrNO/c1-10-7-11(16)5-6-15(10)17-12-3-2-4-13(17)9-14(18)8-12/h5-7,12-13H,2-4,8-9H2,1H3. The number of carbonyl (C=O) groups is 1. The van der Waals surface area contributed by atoms with Gasteiger partial charge < -0.3 is 4.90 Å². The van der Waals surface area contributed by atoms with Crippen LogP contribution in [0.15, 0.2) is 22.7 Å². The lowest BCUT2D eigenvalue weighted by molar-refractivity contribution is -0.121. The molecule has 1 aromatic carbocycles. The highest BCUT2D eigenvalue weighted by atomic mass is 79.9. The topological polar surface area (TPSA) is 20.3 Å². The molecule has 0 aliphatic carbocycles. The molecular weight excluding hydrogens is 290 g/mol. The molecule has 2 bridgehead atoms. The molecule has 2 nitrogen and oxygen atoms in total. The molecule has 0 radical (unpaired) electrons. The maximum Gasteiger partial charge on any atom is 0.137 e. The minimum Gasteiger partial charge on any atom is -0.364 e. The Hall–Kier alpha value is -0.830. The molecule has 0 N–H and O–H groups in total. The average Bonchev–Trinajstić information content (AvgIpc) is 2.28. The van der Waals surface area contributed by atoms with Crippen molar-refractivity contribution in [2.45, 2.75) is 51.1 Å². The summed E-state index contributed by atoms with van der Waals surface area (Å²) >= 11 is 3.52. The molecule has 3 heteroatoms. The zero-order valence-corrected chi connectivity index (χ0v) is 12.2. The van der Waals surface area contributed by atoms with E-state index in [0.29, 0.717) is 17.9 Å². The molecule has 18 heavy (non-hydrogen) atoms. The lowest BCUT2D eigenvalue weighted by atomic mass is 9.83. The van der Waals surface area contributed by atoms with Crippen molar-refractivity contribution >= 4 is 27.4 Å². The number of hydrogen-bond donors (Lipinski definition) is 0. The molecule has 2 saturated heterocycles. The van der Waals surface area contributed by atoms with Crippen LogP contribution in [-0.2, 0) is 4.79 Å². The number of hydrogen-bond acceptors (Lipinski definition) is 2. The number of fused-ring (bicyclic) bond motifs is 2. The van der Waals surface area contributed by atoms with Crippen LogP contribution in [0.3, 0.4) is 0 Å². The van der Waals surface area contributed by atoms with Gasteiger partial charge in [0, 0.05) is 35.1 Å². The van der Waals surface area contributed by atoms with Gasteiger partial charge in [-0.3, -0.25) is 4.79 Å². The lowest BCUT2D eigenvalue weighted by Crippen LogP contribution is -2.52. The number of benzene rings is 1. The lowest BCUT2D eigenvalue weighted by Gasteiger charge is -2.47. The van der Waals surface area contributed by atoms with E-state index in [9.17, 15) is 4.79 Å². The number of piperidine rings is 2. The summed E-state index contributed by atoms with van der Waals surface area (Å²) in [6.45, 7) is 2.16. The highest BCUT2D eigenvalue weighted by Gasteiger charge is 2.37. The van der Waals surface area contributed by atoms with Gasteiger partial charge in [-0.1, -0.05) is 15.9 Å². The van der Waals surface area contributed by atoms with Gasteiger partial charge in [-0.25, -0.2) is 0 Å². The normalized spacial score (nSPS) is 27.4. The molecule has 2 fully saturated rings. The van der Waals surface area contributed by atoms with Crippen molar-refractivity contribution in [1.29, 1.82) is 0 Å². The van der Waals surface area contributed by atoms with Crippen molar-refractivity contribution in [1.82, 2.24) is 0 Å². The summed E-state index contributed by atoms with van der Waals surface area (Å²) in [6, 6.07) is 7.34. The third kappa shape index (κ3) is 2.09. The van der Waals surface area contributed by atoms with Crippen LogP contribution in [0, 0.1) is 6.92 Å². The minimum absolute atomic E-state index is 0.435. The molecule has 0 saturated carbocycles. The Kier molecular flexibility index (Phi) is 3.18. The van der Waals surface area contributed by atoms with Gasteiger partial charge in [-0.05, 0) is 49.9 Å². The average molecular weight is 308 g/mol. The molecule has 2 aliphatic heterocycles.